The predicted molar refractivity (Wildman–Crippen MR) is 65.9 cm³/mol. The fourth-order valence-corrected chi connectivity index (χ4v) is 1.83. The van der Waals surface area contributed by atoms with Gasteiger partial charge in [-0.05, 0) is 31.9 Å². The summed E-state index contributed by atoms with van der Waals surface area (Å²) in [5, 5.41) is 28.2. The van der Waals surface area contributed by atoms with Crippen LogP contribution in [-0.2, 0) is 0 Å². The summed E-state index contributed by atoms with van der Waals surface area (Å²) >= 11 is 0. The first kappa shape index (κ1) is 12.2. The molecule has 0 amide bonds. The largest absolute Gasteiger partial charge is 0.376 e. The van der Waals surface area contributed by atoms with Crippen LogP contribution in [0.15, 0.2) is 24.3 Å². The van der Waals surface area contributed by atoms with Gasteiger partial charge in [-0.2, -0.15) is 10.5 Å². The first-order valence-corrected chi connectivity index (χ1v) is 5.71. The quantitative estimate of drug-likeness (QED) is 0.758. The van der Waals surface area contributed by atoms with Crippen molar-refractivity contribution in [2.24, 2.45) is 5.41 Å². The Labute approximate surface area is 106 Å². The van der Waals surface area contributed by atoms with Crippen molar-refractivity contribution in [2.45, 2.75) is 25.4 Å². The average Bonchev–Trinajstić information content (AvgIpc) is 3.18. The molecule has 3 heteroatoms. The lowest BCUT2D eigenvalue weighted by Crippen LogP contribution is -2.33. The lowest BCUT2D eigenvalue weighted by atomic mass is 9.87. The van der Waals surface area contributed by atoms with Crippen LogP contribution in [0.3, 0.4) is 0 Å². The van der Waals surface area contributed by atoms with Gasteiger partial charge in [0.2, 0.25) is 0 Å². The van der Waals surface area contributed by atoms with Gasteiger partial charge in [-0.25, -0.2) is 0 Å². The molecule has 1 aromatic carbocycles. The zero-order valence-corrected chi connectivity index (χ0v) is 10.1. The molecule has 2 rings (SSSR count). The van der Waals surface area contributed by atoms with Crippen molar-refractivity contribution < 1.29 is 5.11 Å². The van der Waals surface area contributed by atoms with E-state index in [-0.39, 0.29) is 0 Å². The summed E-state index contributed by atoms with van der Waals surface area (Å²) in [6, 6.07) is 11.1. The standard InChI is InChI=1S/C15H12N2O/c1-14(18,15(11-17)8-9-15)7-6-12-4-2-3-5-13(12)10-16/h2-5,18H,8-9H2,1H3/t14-/m1/s1. The molecule has 1 saturated carbocycles. The van der Waals surface area contributed by atoms with E-state index in [1.54, 1.807) is 31.2 Å². The topological polar surface area (TPSA) is 67.8 Å². The van der Waals surface area contributed by atoms with E-state index in [0.29, 0.717) is 24.0 Å². The van der Waals surface area contributed by atoms with Crippen LogP contribution in [0.25, 0.3) is 0 Å². The van der Waals surface area contributed by atoms with Crippen LogP contribution in [0.1, 0.15) is 30.9 Å². The van der Waals surface area contributed by atoms with Crippen LogP contribution in [0.4, 0.5) is 0 Å². The van der Waals surface area contributed by atoms with Gasteiger partial charge in [0.05, 0.1) is 17.0 Å². The number of rotatable bonds is 1. The Kier molecular flexibility index (Phi) is 2.84. The Morgan fingerprint density at radius 3 is 2.33 bits per heavy atom. The van der Waals surface area contributed by atoms with Gasteiger partial charge in [-0.3, -0.25) is 0 Å². The summed E-state index contributed by atoms with van der Waals surface area (Å²) < 4.78 is 0. The summed E-state index contributed by atoms with van der Waals surface area (Å²) in [6.07, 6.45) is 1.34. The normalized spacial score (nSPS) is 18.4. The van der Waals surface area contributed by atoms with Gasteiger partial charge in [-0.15, -0.1) is 0 Å². The van der Waals surface area contributed by atoms with Crippen LogP contribution in [0, 0.1) is 39.9 Å². The minimum atomic E-state index is -1.33. The number of hydrogen-bond donors (Lipinski definition) is 1. The fraction of sp³-hybridized carbons (Fsp3) is 0.333. The van der Waals surface area contributed by atoms with E-state index in [1.807, 2.05) is 0 Å². The van der Waals surface area contributed by atoms with Crippen LogP contribution in [0.5, 0.6) is 0 Å². The first-order valence-electron chi connectivity index (χ1n) is 5.71. The highest BCUT2D eigenvalue weighted by Crippen LogP contribution is 2.53. The second kappa shape index (κ2) is 4.19. The van der Waals surface area contributed by atoms with Crippen LogP contribution < -0.4 is 0 Å². The van der Waals surface area contributed by atoms with Crippen molar-refractivity contribution in [1.29, 1.82) is 10.5 Å². The van der Waals surface area contributed by atoms with E-state index in [0.717, 1.165) is 0 Å². The molecule has 88 valence electrons. The SMILES string of the molecule is C[C@@](O)(C#Cc1ccccc1C#N)C1(C#N)CC1. The minimum absolute atomic E-state index is 0.475. The molecular weight excluding hydrogens is 224 g/mol. The molecule has 1 N–H and O–H groups in total. The van der Waals surface area contributed by atoms with Crippen molar-refractivity contribution in [2.75, 3.05) is 0 Å². The number of hydrogen-bond acceptors (Lipinski definition) is 3. The molecule has 1 fully saturated rings. The minimum Gasteiger partial charge on any atom is -0.376 e. The maximum atomic E-state index is 10.3. The van der Waals surface area contributed by atoms with Crippen LogP contribution in [-0.4, -0.2) is 10.7 Å². The van der Waals surface area contributed by atoms with E-state index in [2.05, 4.69) is 24.0 Å². The van der Waals surface area contributed by atoms with Crippen LogP contribution in [0.2, 0.25) is 0 Å². The van der Waals surface area contributed by atoms with Gasteiger partial charge in [0.25, 0.3) is 0 Å². The Hall–Kier alpha value is -2.28. The molecule has 0 unspecified atom stereocenters. The molecular formula is C15H12N2O. The molecule has 3 nitrogen and oxygen atoms in total. The van der Waals surface area contributed by atoms with Gasteiger partial charge in [0.15, 0.2) is 0 Å². The number of nitrogens with zero attached hydrogens (tertiary/aromatic N) is 2. The predicted octanol–water partition coefficient (Wildman–Crippen LogP) is 1.96. The highest BCUT2D eigenvalue weighted by molar-refractivity contribution is 5.49. The third kappa shape index (κ3) is 1.95. The van der Waals surface area contributed by atoms with Gasteiger partial charge in [-0.1, -0.05) is 24.0 Å². The second-order valence-corrected chi connectivity index (χ2v) is 4.67. The Balaban J connectivity index is 2.34. The van der Waals surface area contributed by atoms with E-state index in [9.17, 15) is 5.11 Å². The first-order chi connectivity index (χ1) is 8.54. The highest BCUT2D eigenvalue weighted by atomic mass is 16.3. The zero-order valence-electron chi connectivity index (χ0n) is 10.1. The van der Waals surface area contributed by atoms with Gasteiger partial charge in [0.1, 0.15) is 11.7 Å². The van der Waals surface area contributed by atoms with Crippen molar-refractivity contribution >= 4 is 0 Å². The molecule has 0 bridgehead atoms. The highest BCUT2D eigenvalue weighted by Gasteiger charge is 2.56. The molecule has 0 aliphatic heterocycles. The van der Waals surface area contributed by atoms with E-state index >= 15 is 0 Å². The van der Waals surface area contributed by atoms with Crippen molar-refractivity contribution in [1.82, 2.24) is 0 Å². The van der Waals surface area contributed by atoms with E-state index < -0.39 is 11.0 Å². The zero-order chi connectivity index (χ0) is 13.2. The molecule has 0 heterocycles. The van der Waals surface area contributed by atoms with Gasteiger partial charge in [0, 0.05) is 5.56 Å². The number of nitriles is 2. The molecule has 1 aliphatic rings. The summed E-state index contributed by atoms with van der Waals surface area (Å²) in [5.74, 6) is 5.55. The monoisotopic (exact) mass is 236 g/mol. The molecule has 0 aromatic heterocycles. The maximum Gasteiger partial charge on any atom is 0.141 e. The molecule has 0 radical (unpaired) electrons. The average molecular weight is 236 g/mol. The summed E-state index contributed by atoms with van der Waals surface area (Å²) in [6.45, 7) is 1.56. The van der Waals surface area contributed by atoms with Gasteiger partial charge < -0.3 is 5.11 Å². The van der Waals surface area contributed by atoms with Crippen molar-refractivity contribution in [3.8, 4) is 24.0 Å². The van der Waals surface area contributed by atoms with E-state index in [4.69, 9.17) is 10.5 Å². The Bertz CT molecular complexity index is 616. The third-order valence-corrected chi connectivity index (χ3v) is 3.38. The Morgan fingerprint density at radius 1 is 1.22 bits per heavy atom. The molecule has 18 heavy (non-hydrogen) atoms. The van der Waals surface area contributed by atoms with Gasteiger partial charge >= 0.3 is 0 Å². The summed E-state index contributed by atoms with van der Waals surface area (Å²) in [7, 11) is 0. The molecule has 1 atom stereocenters. The number of aliphatic hydroxyl groups is 1. The molecule has 0 saturated heterocycles. The lowest BCUT2D eigenvalue weighted by molar-refractivity contribution is 0.0682. The summed E-state index contributed by atoms with van der Waals surface area (Å²) in [5.41, 5.74) is -1.01. The van der Waals surface area contributed by atoms with E-state index in [1.165, 1.54) is 0 Å². The molecule has 1 aliphatic carbocycles. The Morgan fingerprint density at radius 2 is 1.83 bits per heavy atom. The van der Waals surface area contributed by atoms with Crippen molar-refractivity contribution in [3.05, 3.63) is 35.4 Å². The van der Waals surface area contributed by atoms with Crippen LogP contribution >= 0.6 is 0 Å². The second-order valence-electron chi connectivity index (χ2n) is 4.67. The third-order valence-electron chi connectivity index (χ3n) is 3.38. The molecule has 0 spiro atoms. The smallest absolute Gasteiger partial charge is 0.141 e. The van der Waals surface area contributed by atoms with Crippen molar-refractivity contribution in [3.63, 3.8) is 0 Å². The number of benzene rings is 1. The fourth-order valence-electron chi connectivity index (χ4n) is 1.83. The summed E-state index contributed by atoms with van der Waals surface area (Å²) in [4.78, 5) is 0. The lowest BCUT2D eigenvalue weighted by Gasteiger charge is -2.21. The maximum absolute atomic E-state index is 10.3. The molecule has 1 aromatic rings.